The number of benzene rings is 1. The van der Waals surface area contributed by atoms with Crippen molar-refractivity contribution >= 4 is 11.8 Å². The molecule has 1 atom stereocenters. The van der Waals surface area contributed by atoms with Crippen molar-refractivity contribution in [2.75, 3.05) is 45.2 Å². The van der Waals surface area contributed by atoms with Crippen molar-refractivity contribution in [3.8, 4) is 17.1 Å². The van der Waals surface area contributed by atoms with Gasteiger partial charge in [0.1, 0.15) is 0 Å². The summed E-state index contributed by atoms with van der Waals surface area (Å²) in [5.41, 5.74) is 0.249. The lowest BCUT2D eigenvalue weighted by atomic mass is 9.99. The summed E-state index contributed by atoms with van der Waals surface area (Å²) in [4.78, 5) is 14.0. The molecule has 3 N–H and O–H groups in total. The molecule has 2 aromatic rings. The number of likely N-dealkylation sites (tertiary alicyclic amines) is 1. The lowest BCUT2D eigenvalue weighted by Crippen LogP contribution is -2.39. The molecule has 1 aliphatic heterocycles. The van der Waals surface area contributed by atoms with Gasteiger partial charge in [0.05, 0.1) is 7.11 Å². The summed E-state index contributed by atoms with van der Waals surface area (Å²) in [7, 11) is 1.33. The number of carboxylic acid groups (broad SMARTS) is 1. The quantitative estimate of drug-likeness (QED) is 0.627. The lowest BCUT2D eigenvalue weighted by molar-refractivity contribution is 0.0698. The number of carbonyl (C=O) groups is 1. The molecule has 1 aliphatic rings. The smallest absolute Gasteiger partial charge is 0.343 e. The van der Waals surface area contributed by atoms with E-state index in [1.165, 1.54) is 25.3 Å². The first-order valence-electron chi connectivity index (χ1n) is 9.17. The highest BCUT2D eigenvalue weighted by molar-refractivity contribution is 5.99. The number of nitrogens with one attached hydrogen (secondary N) is 1. The summed E-state index contributed by atoms with van der Waals surface area (Å²) < 4.78 is 23.8. The molecule has 0 spiro atoms. The summed E-state index contributed by atoms with van der Waals surface area (Å²) in [6.07, 6.45) is 2.06. The summed E-state index contributed by atoms with van der Waals surface area (Å²) in [5.74, 6) is -1.31. The average molecular weight is 393 g/mol. The Morgan fingerprint density at radius 1 is 1.50 bits per heavy atom. The van der Waals surface area contributed by atoms with Crippen molar-refractivity contribution in [3.63, 3.8) is 0 Å². The number of halogens is 1. The third-order valence-electron chi connectivity index (χ3n) is 4.90. The maximum absolute atomic E-state index is 13.6. The molecular weight excluding hydrogens is 369 g/mol. The Hall–Kier alpha value is -2.65. The normalized spacial score (nSPS) is 17.5. The van der Waals surface area contributed by atoms with Crippen molar-refractivity contribution in [2.45, 2.75) is 12.8 Å². The fraction of sp³-hybridized carbons (Fsp3) is 0.474. The third kappa shape index (κ3) is 4.42. The monoisotopic (exact) mass is 393 g/mol. The van der Waals surface area contributed by atoms with Crippen LogP contribution in [0.15, 0.2) is 22.7 Å². The van der Waals surface area contributed by atoms with E-state index in [2.05, 4.69) is 15.4 Å². The van der Waals surface area contributed by atoms with Crippen molar-refractivity contribution in [1.82, 2.24) is 10.1 Å². The molecule has 1 saturated heterocycles. The van der Waals surface area contributed by atoms with E-state index in [4.69, 9.17) is 9.26 Å². The number of rotatable bonds is 8. The molecule has 0 bridgehead atoms. The van der Waals surface area contributed by atoms with Gasteiger partial charge in [0, 0.05) is 31.8 Å². The number of aromatic carboxylic acids is 1. The summed E-state index contributed by atoms with van der Waals surface area (Å²) in [6, 6.07) is 3.97. The van der Waals surface area contributed by atoms with Crippen LogP contribution in [0.2, 0.25) is 0 Å². The second kappa shape index (κ2) is 9.03. The van der Waals surface area contributed by atoms with Crippen molar-refractivity contribution in [2.24, 2.45) is 5.92 Å². The van der Waals surface area contributed by atoms with Crippen LogP contribution < -0.4 is 10.1 Å². The van der Waals surface area contributed by atoms with Gasteiger partial charge in [-0.05, 0) is 43.5 Å². The first kappa shape index (κ1) is 20.1. The van der Waals surface area contributed by atoms with Gasteiger partial charge in [-0.2, -0.15) is 0 Å². The number of aliphatic hydroxyl groups is 1. The number of aliphatic hydroxyl groups excluding tert-OH is 1. The van der Waals surface area contributed by atoms with Crippen LogP contribution in [0.4, 0.5) is 10.2 Å². The van der Waals surface area contributed by atoms with Crippen molar-refractivity contribution in [1.29, 1.82) is 0 Å². The maximum atomic E-state index is 13.6. The van der Waals surface area contributed by atoms with Gasteiger partial charge in [0.15, 0.2) is 28.7 Å². The molecule has 0 saturated carbocycles. The number of anilines is 1. The van der Waals surface area contributed by atoms with Gasteiger partial charge in [-0.15, -0.1) is 0 Å². The number of nitrogens with zero attached hydrogens (tertiary/aromatic N) is 2. The molecule has 152 valence electrons. The molecule has 8 nitrogen and oxygen atoms in total. The van der Waals surface area contributed by atoms with Crippen molar-refractivity contribution in [3.05, 3.63) is 29.6 Å². The second-order valence-corrected chi connectivity index (χ2v) is 6.81. The van der Waals surface area contributed by atoms with Gasteiger partial charge in [-0.25, -0.2) is 9.18 Å². The highest BCUT2D eigenvalue weighted by Crippen LogP contribution is 2.32. The largest absolute Gasteiger partial charge is 0.494 e. The third-order valence-corrected chi connectivity index (χ3v) is 4.90. The molecule has 1 aromatic heterocycles. The zero-order valence-corrected chi connectivity index (χ0v) is 15.7. The Morgan fingerprint density at radius 3 is 3.04 bits per heavy atom. The first-order chi connectivity index (χ1) is 13.5. The predicted molar refractivity (Wildman–Crippen MR) is 100 cm³/mol. The molecule has 0 radical (unpaired) electrons. The number of hydrogen-bond acceptors (Lipinski definition) is 7. The van der Waals surface area contributed by atoms with Crippen LogP contribution in [-0.4, -0.2) is 66.1 Å². The number of piperidine rings is 1. The van der Waals surface area contributed by atoms with Crippen LogP contribution in [0.3, 0.4) is 0 Å². The fourth-order valence-corrected chi connectivity index (χ4v) is 3.44. The standard InChI is InChI=1S/C19H24FN3O5/c1-27-15-9-13(4-5-14(15)20)17-16(19(25)26)18(22-28-17)21-6-8-23-7-2-3-12(10-23)11-24/h4-5,9,12,24H,2-3,6-8,10-11H2,1H3,(H,21,22)(H,25,26). The summed E-state index contributed by atoms with van der Waals surface area (Å²) in [5, 5.41) is 25.8. The lowest BCUT2D eigenvalue weighted by Gasteiger charge is -2.31. The van der Waals surface area contributed by atoms with E-state index in [1.54, 1.807) is 0 Å². The minimum Gasteiger partial charge on any atom is -0.494 e. The predicted octanol–water partition coefficient (Wildman–Crippen LogP) is 2.30. The molecule has 1 unspecified atom stereocenters. The average Bonchev–Trinajstić information content (AvgIpc) is 3.12. The number of hydrogen-bond donors (Lipinski definition) is 3. The molecule has 28 heavy (non-hydrogen) atoms. The van der Waals surface area contributed by atoms with E-state index in [9.17, 15) is 19.4 Å². The Bertz CT molecular complexity index is 826. The number of ether oxygens (including phenoxy) is 1. The van der Waals surface area contributed by atoms with E-state index < -0.39 is 11.8 Å². The fourth-order valence-electron chi connectivity index (χ4n) is 3.44. The van der Waals surface area contributed by atoms with Gasteiger partial charge < -0.3 is 29.7 Å². The van der Waals surface area contributed by atoms with Crippen LogP contribution >= 0.6 is 0 Å². The van der Waals surface area contributed by atoms with E-state index in [0.29, 0.717) is 18.7 Å². The highest BCUT2D eigenvalue weighted by Gasteiger charge is 2.25. The SMILES string of the molecule is COc1cc(-c2onc(NCCN3CCCC(CO)C3)c2C(=O)O)ccc1F. The Balaban J connectivity index is 1.72. The summed E-state index contributed by atoms with van der Waals surface area (Å²) >= 11 is 0. The van der Waals surface area contributed by atoms with Crippen LogP contribution in [0.1, 0.15) is 23.2 Å². The molecule has 1 aromatic carbocycles. The zero-order valence-electron chi connectivity index (χ0n) is 15.7. The first-order valence-corrected chi connectivity index (χ1v) is 9.17. The van der Waals surface area contributed by atoms with Gasteiger partial charge in [0.2, 0.25) is 0 Å². The van der Waals surface area contributed by atoms with Gasteiger partial charge in [-0.3, -0.25) is 0 Å². The van der Waals surface area contributed by atoms with E-state index in [-0.39, 0.29) is 35.4 Å². The Kier molecular flexibility index (Phi) is 6.48. The Morgan fingerprint density at radius 2 is 2.32 bits per heavy atom. The Labute approximate surface area is 161 Å². The molecule has 1 fully saturated rings. The molecule has 9 heteroatoms. The van der Waals surface area contributed by atoms with Crippen LogP contribution in [0.5, 0.6) is 5.75 Å². The van der Waals surface area contributed by atoms with E-state index >= 15 is 0 Å². The van der Waals surface area contributed by atoms with Gasteiger partial charge >= 0.3 is 5.97 Å². The van der Waals surface area contributed by atoms with Crippen LogP contribution in [-0.2, 0) is 0 Å². The number of methoxy groups -OCH3 is 1. The van der Waals surface area contributed by atoms with Crippen molar-refractivity contribution < 1.29 is 28.7 Å². The maximum Gasteiger partial charge on any atom is 0.343 e. The minimum atomic E-state index is -1.19. The molecule has 0 aliphatic carbocycles. The second-order valence-electron chi connectivity index (χ2n) is 6.81. The summed E-state index contributed by atoms with van der Waals surface area (Å²) in [6.45, 7) is 3.13. The van der Waals surface area contributed by atoms with E-state index in [0.717, 1.165) is 25.9 Å². The topological polar surface area (TPSA) is 108 Å². The highest BCUT2D eigenvalue weighted by atomic mass is 19.1. The van der Waals surface area contributed by atoms with Gasteiger partial charge in [-0.1, -0.05) is 5.16 Å². The van der Waals surface area contributed by atoms with Gasteiger partial charge in [0.25, 0.3) is 0 Å². The van der Waals surface area contributed by atoms with Crippen LogP contribution in [0, 0.1) is 11.7 Å². The number of aromatic nitrogens is 1. The molecular formula is C19H24FN3O5. The number of carboxylic acids is 1. The minimum absolute atomic E-state index is 0.0108. The molecule has 0 amide bonds. The molecule has 2 heterocycles. The van der Waals surface area contributed by atoms with E-state index in [1.807, 2.05) is 0 Å². The zero-order chi connectivity index (χ0) is 20.1. The molecule has 3 rings (SSSR count). The van der Waals surface area contributed by atoms with Crippen LogP contribution in [0.25, 0.3) is 11.3 Å².